The Morgan fingerprint density at radius 3 is 2.80 bits per heavy atom. The van der Waals surface area contributed by atoms with Crippen molar-refractivity contribution in [2.24, 2.45) is 5.92 Å². The molecule has 4 heteroatoms. The van der Waals surface area contributed by atoms with Gasteiger partial charge >= 0.3 is 0 Å². The maximum atomic E-state index is 12.7. The number of hydrogen-bond acceptors (Lipinski definition) is 3. The van der Waals surface area contributed by atoms with Crippen LogP contribution in [0, 0.1) is 12.8 Å². The number of fused-ring (bicyclic) bond motifs is 2. The molecule has 2 fully saturated rings. The Balaban J connectivity index is 1.39. The average Bonchev–Trinajstić information content (AvgIpc) is 2.90. The number of likely N-dealkylation sites (tertiary alicyclic amines) is 1. The highest BCUT2D eigenvalue weighted by molar-refractivity contribution is 5.93. The highest BCUT2D eigenvalue weighted by Gasteiger charge is 2.44. The Morgan fingerprint density at radius 1 is 1.16 bits per heavy atom. The molecule has 4 rings (SSSR count). The zero-order chi connectivity index (χ0) is 17.2. The molecule has 0 aliphatic carbocycles. The Labute approximate surface area is 148 Å². The normalized spacial score (nSPS) is 25.7. The number of carbonyl (C=O) groups is 1. The van der Waals surface area contributed by atoms with Crippen molar-refractivity contribution in [3.63, 3.8) is 0 Å². The van der Waals surface area contributed by atoms with Crippen LogP contribution in [0.25, 0.3) is 0 Å². The maximum Gasteiger partial charge on any atom is 0.230 e. The van der Waals surface area contributed by atoms with E-state index in [1.165, 1.54) is 11.1 Å². The van der Waals surface area contributed by atoms with E-state index in [1.54, 1.807) is 0 Å². The van der Waals surface area contributed by atoms with Crippen LogP contribution in [-0.2, 0) is 16.1 Å². The average molecular weight is 336 g/mol. The van der Waals surface area contributed by atoms with Gasteiger partial charge in [0.2, 0.25) is 5.91 Å². The first-order chi connectivity index (χ1) is 12.2. The minimum absolute atomic E-state index is 0.00716. The number of rotatable bonds is 4. The van der Waals surface area contributed by atoms with E-state index in [2.05, 4.69) is 41.4 Å². The van der Waals surface area contributed by atoms with Gasteiger partial charge in [-0.25, -0.2) is 0 Å². The number of morpholine rings is 1. The SMILES string of the molecule is Cc1cccc(CN2C[C@H]3C[C@H](C(=O)Nc4ccccc4)[C@@H](C2)O3)c1. The lowest BCUT2D eigenvalue weighted by atomic mass is 9.99. The zero-order valence-corrected chi connectivity index (χ0v) is 14.5. The van der Waals surface area contributed by atoms with Crippen LogP contribution >= 0.6 is 0 Å². The summed E-state index contributed by atoms with van der Waals surface area (Å²) < 4.78 is 6.06. The van der Waals surface area contributed by atoms with Crippen molar-refractivity contribution >= 4 is 11.6 Å². The van der Waals surface area contributed by atoms with Gasteiger partial charge in [-0.2, -0.15) is 0 Å². The first-order valence-corrected chi connectivity index (χ1v) is 8.96. The van der Waals surface area contributed by atoms with Crippen molar-refractivity contribution in [1.29, 1.82) is 0 Å². The predicted molar refractivity (Wildman–Crippen MR) is 98.3 cm³/mol. The molecule has 25 heavy (non-hydrogen) atoms. The second-order valence-corrected chi connectivity index (χ2v) is 7.18. The van der Waals surface area contributed by atoms with E-state index in [0.29, 0.717) is 0 Å². The third-order valence-electron chi connectivity index (χ3n) is 5.10. The van der Waals surface area contributed by atoms with E-state index >= 15 is 0 Å². The van der Waals surface area contributed by atoms with Gasteiger partial charge in [-0.1, -0.05) is 48.0 Å². The van der Waals surface area contributed by atoms with Gasteiger partial charge in [0, 0.05) is 25.3 Å². The summed E-state index contributed by atoms with van der Waals surface area (Å²) in [5, 5.41) is 3.03. The molecule has 3 atom stereocenters. The number of benzene rings is 2. The first-order valence-electron chi connectivity index (χ1n) is 8.96. The van der Waals surface area contributed by atoms with Gasteiger partial charge in [-0.05, 0) is 31.0 Å². The highest BCUT2D eigenvalue weighted by Crippen LogP contribution is 2.33. The maximum absolute atomic E-state index is 12.7. The van der Waals surface area contributed by atoms with Crippen molar-refractivity contribution in [2.45, 2.75) is 32.1 Å². The summed E-state index contributed by atoms with van der Waals surface area (Å²) in [5.41, 5.74) is 3.46. The molecule has 2 aliphatic heterocycles. The number of hydrogen-bond donors (Lipinski definition) is 1. The molecule has 0 unspecified atom stereocenters. The van der Waals surface area contributed by atoms with Gasteiger partial charge in [0.25, 0.3) is 0 Å². The van der Waals surface area contributed by atoms with E-state index in [1.807, 2.05) is 30.3 Å². The van der Waals surface area contributed by atoms with Crippen LogP contribution in [0.15, 0.2) is 54.6 Å². The Hall–Kier alpha value is -2.17. The fraction of sp³-hybridized carbons (Fsp3) is 0.381. The molecule has 0 aromatic heterocycles. The van der Waals surface area contributed by atoms with E-state index in [0.717, 1.165) is 31.7 Å². The zero-order valence-electron chi connectivity index (χ0n) is 14.5. The summed E-state index contributed by atoms with van der Waals surface area (Å²) in [6.07, 6.45) is 0.968. The van der Waals surface area contributed by atoms with Crippen LogP contribution in [0.1, 0.15) is 17.5 Å². The molecule has 4 nitrogen and oxygen atoms in total. The second kappa shape index (κ2) is 6.98. The first kappa shape index (κ1) is 16.3. The summed E-state index contributed by atoms with van der Waals surface area (Å²) in [7, 11) is 0. The molecule has 2 bridgehead atoms. The molecule has 0 saturated carbocycles. The fourth-order valence-corrected chi connectivity index (χ4v) is 3.97. The van der Waals surface area contributed by atoms with Crippen LogP contribution < -0.4 is 5.32 Å². The molecule has 2 saturated heterocycles. The third-order valence-corrected chi connectivity index (χ3v) is 5.10. The van der Waals surface area contributed by atoms with E-state index in [4.69, 9.17) is 4.74 Å². The number of anilines is 1. The van der Waals surface area contributed by atoms with E-state index in [9.17, 15) is 4.79 Å². The van der Waals surface area contributed by atoms with Gasteiger partial charge in [-0.3, -0.25) is 9.69 Å². The summed E-state index contributed by atoms with van der Waals surface area (Å²) in [4.78, 5) is 15.1. The minimum atomic E-state index is -0.0623. The van der Waals surface area contributed by atoms with Gasteiger partial charge in [0.05, 0.1) is 18.1 Å². The van der Waals surface area contributed by atoms with Crippen LogP contribution in [0.2, 0.25) is 0 Å². The van der Waals surface area contributed by atoms with Gasteiger partial charge in [0.15, 0.2) is 0 Å². The van der Waals surface area contributed by atoms with Crippen molar-refractivity contribution in [2.75, 3.05) is 18.4 Å². The number of nitrogens with zero attached hydrogens (tertiary/aromatic N) is 1. The minimum Gasteiger partial charge on any atom is -0.371 e. The lowest BCUT2D eigenvalue weighted by Gasteiger charge is -2.32. The largest absolute Gasteiger partial charge is 0.371 e. The molecule has 2 aromatic carbocycles. The summed E-state index contributed by atoms with van der Waals surface area (Å²) in [6, 6.07) is 18.3. The number of amides is 1. The van der Waals surface area contributed by atoms with Crippen molar-refractivity contribution < 1.29 is 9.53 Å². The number of aryl methyl sites for hydroxylation is 1. The van der Waals surface area contributed by atoms with Crippen LogP contribution in [0.4, 0.5) is 5.69 Å². The quantitative estimate of drug-likeness (QED) is 0.932. The highest BCUT2D eigenvalue weighted by atomic mass is 16.5. The van der Waals surface area contributed by atoms with E-state index in [-0.39, 0.29) is 24.0 Å². The number of nitrogens with one attached hydrogen (secondary N) is 1. The second-order valence-electron chi connectivity index (χ2n) is 7.18. The Morgan fingerprint density at radius 2 is 2.00 bits per heavy atom. The standard InChI is InChI=1S/C21H24N2O2/c1-15-6-5-7-16(10-15)12-23-13-18-11-19(20(14-23)25-18)21(24)22-17-8-3-2-4-9-17/h2-10,18-20H,11-14H2,1H3,(H,22,24)/t18-,19+,20-/m1/s1. The molecule has 0 spiro atoms. The fourth-order valence-electron chi connectivity index (χ4n) is 3.97. The molecule has 130 valence electrons. The topological polar surface area (TPSA) is 41.6 Å². The van der Waals surface area contributed by atoms with Crippen LogP contribution in [-0.4, -0.2) is 36.1 Å². The molecule has 1 amide bonds. The third kappa shape index (κ3) is 3.75. The van der Waals surface area contributed by atoms with Crippen molar-refractivity contribution in [3.8, 4) is 0 Å². The summed E-state index contributed by atoms with van der Waals surface area (Å²) in [6.45, 7) is 4.76. The number of para-hydroxylation sites is 1. The summed E-state index contributed by atoms with van der Waals surface area (Å²) in [5.74, 6) is 0.0174. The van der Waals surface area contributed by atoms with Crippen molar-refractivity contribution in [3.05, 3.63) is 65.7 Å². The summed E-state index contributed by atoms with van der Waals surface area (Å²) >= 11 is 0. The van der Waals surface area contributed by atoms with Gasteiger partial charge in [0.1, 0.15) is 0 Å². The Bertz CT molecular complexity index is 747. The molecule has 2 heterocycles. The van der Waals surface area contributed by atoms with Gasteiger partial charge < -0.3 is 10.1 Å². The van der Waals surface area contributed by atoms with Crippen LogP contribution in [0.3, 0.4) is 0 Å². The van der Waals surface area contributed by atoms with Crippen LogP contribution in [0.5, 0.6) is 0 Å². The lowest BCUT2D eigenvalue weighted by Crippen LogP contribution is -2.44. The molecule has 2 aromatic rings. The Kier molecular flexibility index (Phi) is 4.55. The monoisotopic (exact) mass is 336 g/mol. The molecular formula is C21H24N2O2. The lowest BCUT2D eigenvalue weighted by molar-refractivity contribution is -0.123. The van der Waals surface area contributed by atoms with Gasteiger partial charge in [-0.15, -0.1) is 0 Å². The number of ether oxygens (including phenoxy) is 1. The molecule has 0 radical (unpaired) electrons. The van der Waals surface area contributed by atoms with E-state index < -0.39 is 0 Å². The molecule has 1 N–H and O–H groups in total. The molecular weight excluding hydrogens is 312 g/mol. The smallest absolute Gasteiger partial charge is 0.230 e. The molecule has 2 aliphatic rings. The predicted octanol–water partition coefficient (Wildman–Crippen LogP) is 3.22. The van der Waals surface area contributed by atoms with Crippen molar-refractivity contribution in [1.82, 2.24) is 4.90 Å². The number of carbonyl (C=O) groups excluding carboxylic acids is 1.